The number of nitrogens with zero attached hydrogens (tertiary/aromatic N) is 1. The standard InChI is InChI=1S/C10H15FN2O4S/c1-6-3-13(10(18)12-9(6)16)5-17-8(4-14)7(15)2-11/h3,7-8,14-15H,2,4-5H2,1H3,(H,12,16,18)/t7-,8+/m0/s1. The fourth-order valence-electron chi connectivity index (χ4n) is 1.28. The number of aliphatic hydroxyl groups excluding tert-OH is 2. The Hall–Kier alpha value is -1.09. The molecule has 0 aliphatic rings. The van der Waals surface area contributed by atoms with Crippen LogP contribution in [0.15, 0.2) is 11.0 Å². The molecule has 3 N–H and O–H groups in total. The molecule has 0 bridgehead atoms. The lowest BCUT2D eigenvalue weighted by atomic mass is 10.2. The highest BCUT2D eigenvalue weighted by molar-refractivity contribution is 7.71. The third-order valence-electron chi connectivity index (χ3n) is 2.38. The van der Waals surface area contributed by atoms with Gasteiger partial charge in [-0.25, -0.2) is 4.39 Å². The number of aliphatic hydroxyl groups is 2. The van der Waals surface area contributed by atoms with Crippen LogP contribution < -0.4 is 5.56 Å². The molecule has 1 rings (SSSR count). The lowest BCUT2D eigenvalue weighted by molar-refractivity contribution is -0.0932. The first-order chi connectivity index (χ1) is 8.49. The molecule has 102 valence electrons. The number of aromatic nitrogens is 2. The van der Waals surface area contributed by atoms with Gasteiger partial charge in [0.2, 0.25) is 0 Å². The molecule has 0 aliphatic heterocycles. The Morgan fingerprint density at radius 3 is 2.89 bits per heavy atom. The van der Waals surface area contributed by atoms with Gasteiger partial charge in [-0.15, -0.1) is 0 Å². The quantitative estimate of drug-likeness (QED) is 0.631. The Balaban J connectivity index is 2.77. The number of H-pyrrole nitrogens is 1. The van der Waals surface area contributed by atoms with E-state index in [-0.39, 0.29) is 17.1 Å². The Bertz CT molecular complexity index is 501. The number of hydrogen-bond acceptors (Lipinski definition) is 5. The third-order valence-corrected chi connectivity index (χ3v) is 2.72. The first-order valence-corrected chi connectivity index (χ1v) is 5.67. The number of halogens is 1. The van der Waals surface area contributed by atoms with E-state index in [1.165, 1.54) is 10.8 Å². The predicted octanol–water partition coefficient (Wildman–Crippen LogP) is -0.120. The van der Waals surface area contributed by atoms with E-state index in [2.05, 4.69) is 4.98 Å². The minimum absolute atomic E-state index is 0.0985. The van der Waals surface area contributed by atoms with Crippen molar-refractivity contribution in [3.63, 3.8) is 0 Å². The molecule has 0 spiro atoms. The predicted molar refractivity (Wildman–Crippen MR) is 64.6 cm³/mol. The van der Waals surface area contributed by atoms with Gasteiger partial charge in [0.05, 0.1) is 6.61 Å². The molecule has 6 nitrogen and oxygen atoms in total. The molecule has 0 unspecified atom stereocenters. The molecule has 0 saturated carbocycles. The maximum Gasteiger partial charge on any atom is 0.254 e. The lowest BCUT2D eigenvalue weighted by Gasteiger charge is -2.19. The van der Waals surface area contributed by atoms with Gasteiger partial charge in [-0.05, 0) is 19.1 Å². The zero-order valence-electron chi connectivity index (χ0n) is 9.80. The second-order valence-electron chi connectivity index (χ2n) is 3.78. The van der Waals surface area contributed by atoms with E-state index >= 15 is 0 Å². The summed E-state index contributed by atoms with van der Waals surface area (Å²) in [4.78, 5) is 13.7. The van der Waals surface area contributed by atoms with E-state index in [4.69, 9.17) is 22.1 Å². The summed E-state index contributed by atoms with van der Waals surface area (Å²) in [6.45, 7) is -0.0230. The van der Waals surface area contributed by atoms with Crippen molar-refractivity contribution in [1.82, 2.24) is 9.55 Å². The summed E-state index contributed by atoms with van der Waals surface area (Å²) >= 11 is 4.91. The van der Waals surface area contributed by atoms with Crippen molar-refractivity contribution in [2.24, 2.45) is 0 Å². The van der Waals surface area contributed by atoms with Crippen molar-refractivity contribution < 1.29 is 19.3 Å². The normalized spacial score (nSPS) is 14.4. The van der Waals surface area contributed by atoms with Gasteiger partial charge in [0.1, 0.15) is 25.6 Å². The second kappa shape index (κ2) is 6.74. The van der Waals surface area contributed by atoms with E-state index in [1.807, 2.05) is 0 Å². The molecule has 0 radical (unpaired) electrons. The van der Waals surface area contributed by atoms with Crippen molar-refractivity contribution in [3.05, 3.63) is 26.9 Å². The minimum atomic E-state index is -1.40. The summed E-state index contributed by atoms with van der Waals surface area (Å²) in [5.74, 6) is 0. The smallest absolute Gasteiger partial charge is 0.254 e. The highest BCUT2D eigenvalue weighted by Crippen LogP contribution is 2.02. The van der Waals surface area contributed by atoms with Gasteiger partial charge in [-0.1, -0.05) is 0 Å². The van der Waals surface area contributed by atoms with Gasteiger partial charge in [0.25, 0.3) is 5.56 Å². The number of rotatable bonds is 6. The number of alkyl halides is 1. The second-order valence-corrected chi connectivity index (χ2v) is 4.17. The molecule has 0 fully saturated rings. The van der Waals surface area contributed by atoms with Gasteiger partial charge in [0.15, 0.2) is 4.77 Å². The summed E-state index contributed by atoms with van der Waals surface area (Å²) in [5, 5.41) is 18.1. The van der Waals surface area contributed by atoms with Crippen LogP contribution in [0.3, 0.4) is 0 Å². The summed E-state index contributed by atoms with van der Waals surface area (Å²) in [7, 11) is 0. The largest absolute Gasteiger partial charge is 0.394 e. The van der Waals surface area contributed by atoms with Crippen LogP contribution in [0.2, 0.25) is 0 Å². The molecular formula is C10H15FN2O4S. The van der Waals surface area contributed by atoms with Crippen LogP contribution in [0.4, 0.5) is 4.39 Å². The molecule has 0 aromatic carbocycles. The van der Waals surface area contributed by atoms with Crippen LogP contribution in [0.5, 0.6) is 0 Å². The van der Waals surface area contributed by atoms with Crippen LogP contribution in [-0.4, -0.2) is 45.3 Å². The Morgan fingerprint density at radius 1 is 1.67 bits per heavy atom. The lowest BCUT2D eigenvalue weighted by Crippen LogP contribution is -2.34. The first-order valence-electron chi connectivity index (χ1n) is 5.26. The van der Waals surface area contributed by atoms with E-state index < -0.39 is 25.5 Å². The summed E-state index contributed by atoms with van der Waals surface area (Å²) in [6, 6.07) is 0. The highest BCUT2D eigenvalue weighted by atomic mass is 32.1. The van der Waals surface area contributed by atoms with Crippen molar-refractivity contribution in [3.8, 4) is 0 Å². The number of hydrogen-bond donors (Lipinski definition) is 3. The zero-order chi connectivity index (χ0) is 13.7. The average molecular weight is 278 g/mol. The molecule has 1 heterocycles. The van der Waals surface area contributed by atoms with Gasteiger partial charge in [-0.3, -0.25) is 9.78 Å². The van der Waals surface area contributed by atoms with Gasteiger partial charge in [-0.2, -0.15) is 0 Å². The maximum absolute atomic E-state index is 12.2. The van der Waals surface area contributed by atoms with Crippen molar-refractivity contribution in [2.75, 3.05) is 13.3 Å². The van der Waals surface area contributed by atoms with E-state index in [1.54, 1.807) is 6.92 Å². The Kier molecular flexibility index (Phi) is 5.60. The van der Waals surface area contributed by atoms with E-state index in [0.29, 0.717) is 5.56 Å². The van der Waals surface area contributed by atoms with Gasteiger partial charge in [0, 0.05) is 11.8 Å². The maximum atomic E-state index is 12.2. The van der Waals surface area contributed by atoms with Crippen LogP contribution in [0.25, 0.3) is 0 Å². The molecule has 1 aromatic rings. The molecular weight excluding hydrogens is 263 g/mol. The van der Waals surface area contributed by atoms with Crippen molar-refractivity contribution in [2.45, 2.75) is 25.9 Å². The SMILES string of the molecule is Cc1cn(CO[C@H](CO)[C@@H](O)CF)c(=S)[nH]c1=O. The Morgan fingerprint density at radius 2 is 2.33 bits per heavy atom. The molecule has 0 amide bonds. The van der Waals surface area contributed by atoms with Crippen LogP contribution >= 0.6 is 12.2 Å². The summed E-state index contributed by atoms with van der Waals surface area (Å²) in [6.07, 6.45) is -0.950. The summed E-state index contributed by atoms with van der Waals surface area (Å²) in [5.41, 5.74) is 0.150. The first kappa shape index (κ1) is 15.0. The fourth-order valence-corrected chi connectivity index (χ4v) is 1.47. The number of aryl methyl sites for hydroxylation is 1. The van der Waals surface area contributed by atoms with Crippen molar-refractivity contribution >= 4 is 12.2 Å². The minimum Gasteiger partial charge on any atom is -0.394 e. The molecule has 8 heteroatoms. The topological polar surface area (TPSA) is 87.5 Å². The van der Waals surface area contributed by atoms with Crippen LogP contribution in [0.1, 0.15) is 5.56 Å². The van der Waals surface area contributed by atoms with E-state index in [0.717, 1.165) is 0 Å². The van der Waals surface area contributed by atoms with Gasteiger partial charge < -0.3 is 19.5 Å². The number of ether oxygens (including phenoxy) is 1. The molecule has 0 saturated heterocycles. The number of nitrogens with one attached hydrogen (secondary N) is 1. The Labute approximate surface area is 108 Å². The third kappa shape index (κ3) is 3.70. The van der Waals surface area contributed by atoms with Gasteiger partial charge >= 0.3 is 0 Å². The average Bonchev–Trinajstić information content (AvgIpc) is 2.35. The zero-order valence-corrected chi connectivity index (χ0v) is 10.6. The van der Waals surface area contributed by atoms with E-state index in [9.17, 15) is 14.3 Å². The number of aromatic amines is 1. The van der Waals surface area contributed by atoms with Crippen LogP contribution in [0, 0.1) is 11.7 Å². The fraction of sp³-hybridized carbons (Fsp3) is 0.600. The molecule has 1 aromatic heterocycles. The molecule has 2 atom stereocenters. The summed E-state index contributed by atoms with van der Waals surface area (Å²) < 4.78 is 18.9. The van der Waals surface area contributed by atoms with Crippen molar-refractivity contribution in [1.29, 1.82) is 0 Å². The molecule has 0 aliphatic carbocycles. The van der Waals surface area contributed by atoms with Crippen LogP contribution in [-0.2, 0) is 11.5 Å². The highest BCUT2D eigenvalue weighted by Gasteiger charge is 2.18. The molecule has 18 heavy (non-hydrogen) atoms. The monoisotopic (exact) mass is 278 g/mol.